The number of rotatable bonds is 5. The van der Waals surface area contributed by atoms with Gasteiger partial charge >= 0.3 is 0 Å². The normalized spacial score (nSPS) is 13.7. The predicted octanol–water partition coefficient (Wildman–Crippen LogP) is -0.195. The van der Waals surface area contributed by atoms with E-state index in [0.29, 0.717) is 5.56 Å². The van der Waals surface area contributed by atoms with Crippen LogP contribution in [0.4, 0.5) is 0 Å². The first kappa shape index (κ1) is 17.6. The third kappa shape index (κ3) is 5.82. The Hall–Kier alpha value is -1.45. The van der Waals surface area contributed by atoms with Crippen LogP contribution in [0.15, 0.2) is 23.1 Å². The summed E-state index contributed by atoms with van der Waals surface area (Å²) in [6, 6.07) is 3.42. The third-order valence-corrected chi connectivity index (χ3v) is 4.57. The highest BCUT2D eigenvalue weighted by molar-refractivity contribution is 7.90. The number of hydrogen-bond acceptors (Lipinski definition) is 5. The van der Waals surface area contributed by atoms with Crippen molar-refractivity contribution in [3.05, 3.63) is 29.3 Å². The van der Waals surface area contributed by atoms with Crippen molar-refractivity contribution in [3.63, 3.8) is 0 Å². The maximum atomic E-state index is 12.0. The minimum absolute atomic E-state index is 0.111. The molecule has 0 bridgehead atoms. The van der Waals surface area contributed by atoms with Crippen molar-refractivity contribution in [1.29, 1.82) is 0 Å². The van der Waals surface area contributed by atoms with E-state index in [1.165, 1.54) is 12.1 Å². The zero-order valence-corrected chi connectivity index (χ0v) is 13.6. The number of aryl methyl sites for hydroxylation is 1. The van der Waals surface area contributed by atoms with Gasteiger partial charge in [-0.25, -0.2) is 22.0 Å². The number of hydrogen-bond donors (Lipinski definition) is 2. The first-order valence-corrected chi connectivity index (χ1v) is 9.62. The number of carbonyl (C=O) groups excluding carboxylic acids is 1. The predicted molar refractivity (Wildman–Crippen MR) is 79.2 cm³/mol. The van der Waals surface area contributed by atoms with Crippen molar-refractivity contribution in [2.45, 2.75) is 24.8 Å². The lowest BCUT2D eigenvalue weighted by Crippen LogP contribution is -2.37. The van der Waals surface area contributed by atoms with E-state index in [4.69, 9.17) is 5.14 Å². The molecule has 1 atom stereocenters. The Morgan fingerprint density at radius 3 is 2.29 bits per heavy atom. The summed E-state index contributed by atoms with van der Waals surface area (Å²) >= 11 is 0. The Kier molecular flexibility index (Phi) is 5.13. The van der Waals surface area contributed by atoms with E-state index in [2.05, 4.69) is 5.32 Å². The van der Waals surface area contributed by atoms with Crippen LogP contribution in [0.3, 0.4) is 0 Å². The molecule has 1 amide bonds. The minimum atomic E-state index is -3.91. The lowest BCUT2D eigenvalue weighted by molar-refractivity contribution is 0.0943. The summed E-state index contributed by atoms with van der Waals surface area (Å²) in [4.78, 5) is 11.9. The molecule has 1 aromatic carbocycles. The fourth-order valence-electron chi connectivity index (χ4n) is 1.85. The summed E-state index contributed by atoms with van der Waals surface area (Å²) < 4.78 is 45.0. The van der Waals surface area contributed by atoms with Crippen LogP contribution >= 0.6 is 0 Å². The molecule has 118 valence electrons. The number of benzene rings is 1. The van der Waals surface area contributed by atoms with Gasteiger partial charge in [-0.1, -0.05) is 0 Å². The van der Waals surface area contributed by atoms with Gasteiger partial charge in [-0.15, -0.1) is 0 Å². The lowest BCUT2D eigenvalue weighted by Gasteiger charge is -2.13. The number of nitrogens with two attached hydrogens (primary N) is 1. The number of primary sulfonamides is 1. The molecule has 1 unspecified atom stereocenters. The first-order valence-electron chi connectivity index (χ1n) is 6.01. The summed E-state index contributed by atoms with van der Waals surface area (Å²) in [6.45, 7) is 3.18. The molecule has 1 aromatic rings. The zero-order chi connectivity index (χ0) is 16.4. The van der Waals surface area contributed by atoms with Crippen molar-refractivity contribution in [1.82, 2.24) is 5.32 Å². The van der Waals surface area contributed by atoms with Gasteiger partial charge in [0.15, 0.2) is 0 Å². The number of amides is 1. The molecule has 0 spiro atoms. The maximum absolute atomic E-state index is 12.0. The van der Waals surface area contributed by atoms with Crippen LogP contribution in [-0.4, -0.2) is 40.8 Å². The van der Waals surface area contributed by atoms with Gasteiger partial charge < -0.3 is 5.32 Å². The average molecular weight is 334 g/mol. The highest BCUT2D eigenvalue weighted by Gasteiger charge is 2.17. The van der Waals surface area contributed by atoms with Gasteiger partial charge in [0.1, 0.15) is 9.84 Å². The second kappa shape index (κ2) is 6.12. The molecule has 9 heteroatoms. The molecule has 0 aromatic heterocycles. The molecule has 3 N–H and O–H groups in total. The molecule has 0 aliphatic carbocycles. The van der Waals surface area contributed by atoms with Gasteiger partial charge in [0.2, 0.25) is 10.0 Å². The van der Waals surface area contributed by atoms with Crippen molar-refractivity contribution in [2.24, 2.45) is 5.14 Å². The average Bonchev–Trinajstić information content (AvgIpc) is 2.23. The maximum Gasteiger partial charge on any atom is 0.251 e. The molecule has 0 aliphatic heterocycles. The van der Waals surface area contributed by atoms with Crippen molar-refractivity contribution in [3.8, 4) is 0 Å². The fourth-order valence-corrected chi connectivity index (χ4v) is 3.48. The van der Waals surface area contributed by atoms with Crippen LogP contribution in [0.5, 0.6) is 0 Å². The van der Waals surface area contributed by atoms with Gasteiger partial charge in [-0.2, -0.15) is 0 Å². The highest BCUT2D eigenvalue weighted by atomic mass is 32.2. The smallest absolute Gasteiger partial charge is 0.251 e. The minimum Gasteiger partial charge on any atom is -0.349 e. The van der Waals surface area contributed by atoms with Crippen LogP contribution in [0.25, 0.3) is 0 Å². The largest absolute Gasteiger partial charge is 0.349 e. The summed E-state index contributed by atoms with van der Waals surface area (Å²) in [6.07, 6.45) is 1.07. The van der Waals surface area contributed by atoms with E-state index < -0.39 is 31.8 Å². The SMILES string of the molecule is Cc1cc(C(=O)NC(C)CS(C)(=O)=O)cc(S(N)(=O)=O)c1. The van der Waals surface area contributed by atoms with E-state index in [1.807, 2.05) is 0 Å². The summed E-state index contributed by atoms with van der Waals surface area (Å²) in [7, 11) is -7.14. The molecule has 0 saturated heterocycles. The van der Waals surface area contributed by atoms with Gasteiger partial charge in [0.25, 0.3) is 5.91 Å². The Morgan fingerprint density at radius 2 is 1.81 bits per heavy atom. The Balaban J connectivity index is 3.01. The second-order valence-corrected chi connectivity index (χ2v) is 8.79. The summed E-state index contributed by atoms with van der Waals surface area (Å²) in [5, 5.41) is 7.55. The third-order valence-electron chi connectivity index (χ3n) is 2.57. The van der Waals surface area contributed by atoms with E-state index in [-0.39, 0.29) is 16.2 Å². The van der Waals surface area contributed by atoms with E-state index in [9.17, 15) is 21.6 Å². The molecule has 0 heterocycles. The molecule has 0 saturated carbocycles. The van der Waals surface area contributed by atoms with Gasteiger partial charge in [0, 0.05) is 17.9 Å². The fraction of sp³-hybridized carbons (Fsp3) is 0.417. The molecule has 7 nitrogen and oxygen atoms in total. The highest BCUT2D eigenvalue weighted by Crippen LogP contribution is 2.13. The Bertz CT molecular complexity index is 754. The molecular formula is C12H18N2O5S2. The molecular weight excluding hydrogens is 316 g/mol. The number of sulfonamides is 1. The quantitative estimate of drug-likeness (QED) is 0.772. The van der Waals surface area contributed by atoms with Crippen LogP contribution in [0.2, 0.25) is 0 Å². The van der Waals surface area contributed by atoms with E-state index in [1.54, 1.807) is 13.8 Å². The molecule has 1 rings (SSSR count). The summed E-state index contributed by atoms with van der Waals surface area (Å²) in [5.41, 5.74) is 0.668. The van der Waals surface area contributed by atoms with Gasteiger partial charge in [0.05, 0.1) is 10.6 Å². The molecule has 21 heavy (non-hydrogen) atoms. The van der Waals surface area contributed by atoms with Crippen LogP contribution in [0.1, 0.15) is 22.8 Å². The van der Waals surface area contributed by atoms with Crippen LogP contribution in [0, 0.1) is 6.92 Å². The lowest BCUT2D eigenvalue weighted by atomic mass is 10.1. The van der Waals surface area contributed by atoms with Gasteiger partial charge in [-0.3, -0.25) is 4.79 Å². The Morgan fingerprint density at radius 1 is 1.24 bits per heavy atom. The zero-order valence-electron chi connectivity index (χ0n) is 12.0. The first-order chi connectivity index (χ1) is 9.38. The van der Waals surface area contributed by atoms with Gasteiger partial charge in [-0.05, 0) is 37.6 Å². The number of sulfone groups is 1. The standard InChI is InChI=1S/C12H18N2O5S2/c1-8-4-10(6-11(5-8)21(13,18)19)12(15)14-9(2)7-20(3,16)17/h4-6,9H,7H2,1-3H3,(H,14,15)(H2,13,18,19). The second-order valence-electron chi connectivity index (χ2n) is 5.05. The topological polar surface area (TPSA) is 123 Å². The van der Waals surface area contributed by atoms with Crippen LogP contribution < -0.4 is 10.5 Å². The van der Waals surface area contributed by atoms with Crippen molar-refractivity contribution < 1.29 is 21.6 Å². The van der Waals surface area contributed by atoms with Crippen molar-refractivity contribution >= 4 is 25.8 Å². The molecule has 0 aliphatic rings. The number of carbonyl (C=O) groups is 1. The van der Waals surface area contributed by atoms with E-state index >= 15 is 0 Å². The monoisotopic (exact) mass is 334 g/mol. The number of nitrogens with one attached hydrogen (secondary N) is 1. The molecule has 0 fully saturated rings. The van der Waals surface area contributed by atoms with E-state index in [0.717, 1.165) is 12.3 Å². The van der Waals surface area contributed by atoms with Crippen molar-refractivity contribution in [2.75, 3.05) is 12.0 Å². The Labute approximate surface area is 124 Å². The van der Waals surface area contributed by atoms with Crippen LogP contribution in [-0.2, 0) is 19.9 Å². The molecule has 0 radical (unpaired) electrons. The summed E-state index contributed by atoms with van der Waals surface area (Å²) in [5.74, 6) is -0.758.